The number of rotatable bonds is 4. The molecule has 0 spiro atoms. The number of benzene rings is 1. The number of anilines is 1. The first-order valence-electron chi connectivity index (χ1n) is 9.34. The Labute approximate surface area is 153 Å². The highest BCUT2D eigenvalue weighted by Crippen LogP contribution is 2.30. The van der Waals surface area contributed by atoms with Crippen molar-refractivity contribution < 1.29 is 9.90 Å². The number of carbonyl (C=O) groups is 1. The van der Waals surface area contributed by atoms with Gasteiger partial charge >= 0.3 is 0 Å². The minimum atomic E-state index is -0.992. The Balaban J connectivity index is 1.54. The smallest absolute Gasteiger partial charge is 0.164 e. The van der Waals surface area contributed by atoms with Crippen LogP contribution < -0.4 is 10.2 Å². The standard InChI is InChI=1S/C19H25N5O2/c25-12-18(26)24-9-7-23(8-10-24)15-1-2-16-17(11-15)21-13-22-19(16)14-3-5-20-6-4-14/h1-2,11-14,18,20,26H,3-10H2. The van der Waals surface area contributed by atoms with Crippen LogP contribution in [0.5, 0.6) is 0 Å². The van der Waals surface area contributed by atoms with E-state index in [-0.39, 0.29) is 0 Å². The van der Waals surface area contributed by atoms with Crippen molar-refractivity contribution in [3.05, 3.63) is 30.2 Å². The van der Waals surface area contributed by atoms with Crippen LogP contribution in [0.1, 0.15) is 24.5 Å². The van der Waals surface area contributed by atoms with Gasteiger partial charge in [-0.1, -0.05) is 0 Å². The van der Waals surface area contributed by atoms with Gasteiger partial charge in [0.1, 0.15) is 6.33 Å². The lowest BCUT2D eigenvalue weighted by Gasteiger charge is -2.37. The quantitative estimate of drug-likeness (QED) is 0.783. The molecular formula is C19H25N5O2. The Morgan fingerprint density at radius 2 is 1.92 bits per heavy atom. The molecule has 2 aliphatic heterocycles. The van der Waals surface area contributed by atoms with Gasteiger partial charge in [-0.05, 0) is 44.1 Å². The first kappa shape index (κ1) is 17.3. The van der Waals surface area contributed by atoms with Crippen molar-refractivity contribution in [3.63, 3.8) is 0 Å². The van der Waals surface area contributed by atoms with Crippen molar-refractivity contribution in [2.45, 2.75) is 25.0 Å². The molecule has 0 aliphatic carbocycles. The van der Waals surface area contributed by atoms with Crippen molar-refractivity contribution in [1.29, 1.82) is 0 Å². The zero-order valence-electron chi connectivity index (χ0n) is 14.8. The van der Waals surface area contributed by atoms with Crippen LogP contribution >= 0.6 is 0 Å². The Kier molecular flexibility index (Phi) is 5.10. The summed E-state index contributed by atoms with van der Waals surface area (Å²) in [4.78, 5) is 23.9. The van der Waals surface area contributed by atoms with Crippen LogP contribution in [0, 0.1) is 0 Å². The van der Waals surface area contributed by atoms with Crippen molar-refractivity contribution in [3.8, 4) is 0 Å². The third kappa shape index (κ3) is 3.42. The highest BCUT2D eigenvalue weighted by Gasteiger charge is 2.23. The number of nitrogens with one attached hydrogen (secondary N) is 1. The minimum absolute atomic E-state index is 0.501. The fourth-order valence-electron chi connectivity index (χ4n) is 4.01. The van der Waals surface area contributed by atoms with Crippen LogP contribution in [0.25, 0.3) is 10.9 Å². The molecular weight excluding hydrogens is 330 g/mol. The number of hydrogen-bond acceptors (Lipinski definition) is 7. The Morgan fingerprint density at radius 3 is 2.65 bits per heavy atom. The summed E-state index contributed by atoms with van der Waals surface area (Å²) in [6, 6.07) is 6.42. The molecule has 2 aromatic rings. The highest BCUT2D eigenvalue weighted by molar-refractivity contribution is 5.84. The molecule has 2 aliphatic rings. The van der Waals surface area contributed by atoms with Gasteiger partial charge in [-0.15, -0.1) is 0 Å². The van der Waals surface area contributed by atoms with Crippen LogP contribution in [-0.2, 0) is 4.79 Å². The van der Waals surface area contributed by atoms with Gasteiger partial charge in [0.2, 0.25) is 0 Å². The molecule has 3 heterocycles. The van der Waals surface area contributed by atoms with Crippen molar-refractivity contribution in [2.24, 2.45) is 0 Å². The molecule has 0 saturated carbocycles. The zero-order chi connectivity index (χ0) is 17.9. The number of aldehydes is 1. The van der Waals surface area contributed by atoms with Crippen LogP contribution in [0.15, 0.2) is 24.5 Å². The summed E-state index contributed by atoms with van der Waals surface area (Å²) >= 11 is 0. The molecule has 7 heteroatoms. The molecule has 1 aromatic carbocycles. The average Bonchev–Trinajstić information content (AvgIpc) is 2.73. The first-order chi connectivity index (χ1) is 12.8. The maximum Gasteiger partial charge on any atom is 0.164 e. The average molecular weight is 355 g/mol. The summed E-state index contributed by atoms with van der Waals surface area (Å²) in [7, 11) is 0. The lowest BCUT2D eigenvalue weighted by molar-refractivity contribution is -0.124. The number of hydrogen-bond donors (Lipinski definition) is 2. The molecule has 26 heavy (non-hydrogen) atoms. The van der Waals surface area contributed by atoms with Gasteiger partial charge in [0.05, 0.1) is 11.2 Å². The number of fused-ring (bicyclic) bond motifs is 1. The maximum atomic E-state index is 10.7. The van der Waals surface area contributed by atoms with E-state index in [9.17, 15) is 9.90 Å². The molecule has 7 nitrogen and oxygen atoms in total. The highest BCUT2D eigenvalue weighted by atomic mass is 16.3. The fraction of sp³-hybridized carbons (Fsp3) is 0.526. The van der Waals surface area contributed by atoms with Crippen LogP contribution in [0.3, 0.4) is 0 Å². The van der Waals surface area contributed by atoms with Crippen LogP contribution in [0.2, 0.25) is 0 Å². The Bertz CT molecular complexity index is 770. The van der Waals surface area contributed by atoms with Gasteiger partial charge in [-0.2, -0.15) is 0 Å². The van der Waals surface area contributed by atoms with Gasteiger partial charge < -0.3 is 15.3 Å². The number of carbonyl (C=O) groups excluding carboxylic acids is 1. The molecule has 2 fully saturated rings. The van der Waals surface area contributed by atoms with Crippen LogP contribution in [-0.4, -0.2) is 71.8 Å². The fourth-order valence-corrected chi connectivity index (χ4v) is 4.01. The van der Waals surface area contributed by atoms with E-state index in [1.165, 1.54) is 5.69 Å². The SMILES string of the molecule is O=CC(O)N1CCN(c2ccc3c(C4CCNCC4)ncnc3c2)CC1. The van der Waals surface area contributed by atoms with E-state index >= 15 is 0 Å². The van der Waals surface area contributed by atoms with E-state index in [1.807, 2.05) is 0 Å². The third-order valence-corrected chi connectivity index (χ3v) is 5.55. The monoisotopic (exact) mass is 355 g/mol. The lowest BCUT2D eigenvalue weighted by Crippen LogP contribution is -2.50. The molecule has 1 aromatic heterocycles. The first-order valence-corrected chi connectivity index (χ1v) is 9.34. The predicted octanol–water partition coefficient (Wildman–Crippen LogP) is 0.736. The summed E-state index contributed by atoms with van der Waals surface area (Å²) in [6.07, 6.45) is 3.52. The molecule has 0 bridgehead atoms. The minimum Gasteiger partial charge on any atom is -0.371 e. The Morgan fingerprint density at radius 1 is 1.15 bits per heavy atom. The lowest BCUT2D eigenvalue weighted by atomic mass is 9.92. The van der Waals surface area contributed by atoms with E-state index < -0.39 is 6.23 Å². The van der Waals surface area contributed by atoms with Crippen molar-refractivity contribution in [2.75, 3.05) is 44.2 Å². The predicted molar refractivity (Wildman–Crippen MR) is 100 cm³/mol. The molecule has 0 amide bonds. The number of piperidine rings is 1. The molecule has 138 valence electrons. The number of aliphatic hydroxyl groups excluding tert-OH is 1. The van der Waals surface area contributed by atoms with Gasteiger partial charge in [0, 0.05) is 43.2 Å². The summed E-state index contributed by atoms with van der Waals surface area (Å²) in [5.41, 5.74) is 3.29. The molecule has 0 radical (unpaired) electrons. The number of aromatic nitrogens is 2. The third-order valence-electron chi connectivity index (χ3n) is 5.55. The van der Waals surface area contributed by atoms with Crippen molar-refractivity contribution in [1.82, 2.24) is 20.2 Å². The van der Waals surface area contributed by atoms with Gasteiger partial charge in [0.25, 0.3) is 0 Å². The van der Waals surface area contributed by atoms with E-state index in [4.69, 9.17) is 0 Å². The molecule has 2 N–H and O–H groups in total. The second-order valence-corrected chi connectivity index (χ2v) is 7.06. The molecule has 2 saturated heterocycles. The molecule has 1 atom stereocenters. The number of piperazine rings is 1. The van der Waals surface area contributed by atoms with Crippen molar-refractivity contribution >= 4 is 22.9 Å². The van der Waals surface area contributed by atoms with Gasteiger partial charge in [-0.3, -0.25) is 9.69 Å². The van der Waals surface area contributed by atoms with E-state index in [0.29, 0.717) is 25.3 Å². The topological polar surface area (TPSA) is 81.6 Å². The molecule has 4 rings (SSSR count). The van der Waals surface area contributed by atoms with Gasteiger partial charge in [0.15, 0.2) is 12.5 Å². The van der Waals surface area contributed by atoms with Crippen LogP contribution in [0.4, 0.5) is 5.69 Å². The summed E-state index contributed by atoms with van der Waals surface area (Å²) in [5, 5.41) is 14.2. The summed E-state index contributed by atoms with van der Waals surface area (Å²) in [5.74, 6) is 0.501. The van der Waals surface area contributed by atoms with E-state index in [1.54, 1.807) is 11.2 Å². The normalized spacial score (nSPS) is 21.0. The largest absolute Gasteiger partial charge is 0.371 e. The Hall–Kier alpha value is -2.09. The molecule has 1 unspecified atom stereocenters. The number of nitrogens with zero attached hydrogens (tertiary/aromatic N) is 4. The maximum absolute atomic E-state index is 10.7. The van der Waals surface area contributed by atoms with Gasteiger partial charge in [-0.25, -0.2) is 9.97 Å². The van der Waals surface area contributed by atoms with E-state index in [0.717, 1.165) is 55.6 Å². The zero-order valence-corrected chi connectivity index (χ0v) is 14.8. The summed E-state index contributed by atoms with van der Waals surface area (Å²) < 4.78 is 0. The second kappa shape index (κ2) is 7.65. The second-order valence-electron chi connectivity index (χ2n) is 7.06. The number of aliphatic hydroxyl groups is 1. The van der Waals surface area contributed by atoms with E-state index in [2.05, 4.69) is 38.4 Å². The summed E-state index contributed by atoms with van der Waals surface area (Å²) in [6.45, 7) is 4.99.